The van der Waals surface area contributed by atoms with Gasteiger partial charge in [0.05, 0.1) is 18.0 Å². The fraction of sp³-hybridized carbons (Fsp3) is 0.579. The summed E-state index contributed by atoms with van der Waals surface area (Å²) in [7, 11) is -2.04. The predicted molar refractivity (Wildman–Crippen MR) is 107 cm³/mol. The lowest BCUT2D eigenvalue weighted by molar-refractivity contribution is -0.126. The van der Waals surface area contributed by atoms with Crippen LogP contribution in [0.1, 0.15) is 26.3 Å². The first-order chi connectivity index (χ1) is 13.0. The number of piperazine rings is 1. The van der Waals surface area contributed by atoms with Crippen molar-refractivity contribution >= 4 is 21.8 Å². The van der Waals surface area contributed by atoms with E-state index in [0.29, 0.717) is 26.2 Å². The minimum atomic E-state index is -3.55. The fourth-order valence-corrected chi connectivity index (χ4v) is 4.35. The summed E-state index contributed by atoms with van der Waals surface area (Å²) in [5.41, 5.74) is 1.05. The number of carbonyl (C=O) groups is 2. The summed E-state index contributed by atoms with van der Waals surface area (Å²) in [6, 6.07) is 7.04. The molecule has 1 aliphatic heterocycles. The Morgan fingerprint density at radius 2 is 1.57 bits per heavy atom. The van der Waals surface area contributed by atoms with Crippen LogP contribution in [0.4, 0.5) is 0 Å². The van der Waals surface area contributed by atoms with Crippen LogP contribution >= 0.6 is 0 Å². The smallest absolute Gasteiger partial charge is 0.243 e. The molecule has 2 rings (SSSR count). The molecule has 1 fully saturated rings. The van der Waals surface area contributed by atoms with Gasteiger partial charge in [-0.2, -0.15) is 4.31 Å². The van der Waals surface area contributed by atoms with Crippen molar-refractivity contribution in [2.75, 3.05) is 46.3 Å². The molecular formula is C19H30N4O4S. The third-order valence-electron chi connectivity index (χ3n) is 4.78. The molecule has 0 aromatic heterocycles. The standard InChI is InChI=1S/C19H30N4O4S/c1-19(2,3)15-5-7-16(8-6-15)28(26,27)23-11-9-22(10-12-23)14-18(25)21-13-17(24)20-4/h5-8H,9-14H2,1-4H3,(H,20,24)(H,21,25). The first kappa shape index (κ1) is 22.3. The molecule has 0 unspecified atom stereocenters. The lowest BCUT2D eigenvalue weighted by Gasteiger charge is -2.33. The van der Waals surface area contributed by atoms with Crippen molar-refractivity contribution in [1.82, 2.24) is 19.8 Å². The molecule has 0 atom stereocenters. The van der Waals surface area contributed by atoms with E-state index in [4.69, 9.17) is 0 Å². The van der Waals surface area contributed by atoms with E-state index >= 15 is 0 Å². The molecule has 0 radical (unpaired) electrons. The van der Waals surface area contributed by atoms with E-state index in [9.17, 15) is 18.0 Å². The van der Waals surface area contributed by atoms with Crippen molar-refractivity contribution in [2.45, 2.75) is 31.1 Å². The fourth-order valence-electron chi connectivity index (χ4n) is 2.93. The normalized spacial score (nSPS) is 16.6. The molecule has 0 saturated carbocycles. The summed E-state index contributed by atoms with van der Waals surface area (Å²) in [5, 5.41) is 4.97. The largest absolute Gasteiger partial charge is 0.358 e. The number of likely N-dealkylation sites (N-methyl/N-ethyl adjacent to an activating group) is 1. The van der Waals surface area contributed by atoms with E-state index < -0.39 is 10.0 Å². The van der Waals surface area contributed by atoms with Crippen LogP contribution in [0.5, 0.6) is 0 Å². The van der Waals surface area contributed by atoms with Gasteiger partial charge in [-0.3, -0.25) is 14.5 Å². The number of carbonyl (C=O) groups excluding carboxylic acids is 2. The monoisotopic (exact) mass is 410 g/mol. The number of amides is 2. The van der Waals surface area contributed by atoms with E-state index in [1.165, 1.54) is 11.4 Å². The molecule has 28 heavy (non-hydrogen) atoms. The predicted octanol–water partition coefficient (Wildman–Crippen LogP) is 0.153. The number of benzene rings is 1. The molecule has 1 aliphatic rings. The Morgan fingerprint density at radius 1 is 1.00 bits per heavy atom. The van der Waals surface area contributed by atoms with Gasteiger partial charge in [0.1, 0.15) is 0 Å². The summed E-state index contributed by atoms with van der Waals surface area (Å²) in [6.07, 6.45) is 0. The number of nitrogens with one attached hydrogen (secondary N) is 2. The average molecular weight is 411 g/mol. The summed E-state index contributed by atoms with van der Waals surface area (Å²) in [6.45, 7) is 7.92. The maximum absolute atomic E-state index is 12.9. The van der Waals surface area contributed by atoms with Crippen LogP contribution < -0.4 is 10.6 Å². The van der Waals surface area contributed by atoms with E-state index in [2.05, 4.69) is 31.4 Å². The zero-order valence-electron chi connectivity index (χ0n) is 17.0. The second-order valence-corrected chi connectivity index (χ2v) is 9.84. The molecule has 2 N–H and O–H groups in total. The molecule has 8 nitrogen and oxygen atoms in total. The molecule has 1 saturated heterocycles. The highest BCUT2D eigenvalue weighted by Crippen LogP contribution is 2.25. The van der Waals surface area contributed by atoms with Gasteiger partial charge < -0.3 is 10.6 Å². The molecule has 0 aliphatic carbocycles. The summed E-state index contributed by atoms with van der Waals surface area (Å²) < 4.78 is 27.2. The van der Waals surface area contributed by atoms with Crippen molar-refractivity contribution in [3.63, 3.8) is 0 Å². The highest BCUT2D eigenvalue weighted by molar-refractivity contribution is 7.89. The van der Waals surface area contributed by atoms with E-state index in [0.717, 1.165) is 5.56 Å². The lowest BCUT2D eigenvalue weighted by atomic mass is 9.87. The quantitative estimate of drug-likeness (QED) is 0.696. The Bertz CT molecular complexity index is 792. The van der Waals surface area contributed by atoms with Gasteiger partial charge in [-0.05, 0) is 23.1 Å². The first-order valence-corrected chi connectivity index (χ1v) is 10.8. The summed E-state index contributed by atoms with van der Waals surface area (Å²) >= 11 is 0. The lowest BCUT2D eigenvalue weighted by Crippen LogP contribution is -2.51. The van der Waals surface area contributed by atoms with E-state index in [1.54, 1.807) is 12.1 Å². The van der Waals surface area contributed by atoms with Gasteiger partial charge in [-0.25, -0.2) is 8.42 Å². The number of nitrogens with zero attached hydrogens (tertiary/aromatic N) is 2. The molecule has 0 spiro atoms. The SMILES string of the molecule is CNC(=O)CNC(=O)CN1CCN(S(=O)(=O)c2ccc(C(C)(C)C)cc2)CC1. The van der Waals surface area contributed by atoms with Crippen LogP contribution in [0.3, 0.4) is 0 Å². The second kappa shape index (κ2) is 9.02. The van der Waals surface area contributed by atoms with Gasteiger partial charge in [0.2, 0.25) is 21.8 Å². The molecule has 156 valence electrons. The minimum Gasteiger partial charge on any atom is -0.358 e. The Balaban J connectivity index is 1.91. The molecule has 1 heterocycles. The minimum absolute atomic E-state index is 0.0354. The third-order valence-corrected chi connectivity index (χ3v) is 6.69. The summed E-state index contributed by atoms with van der Waals surface area (Å²) in [4.78, 5) is 25.2. The topological polar surface area (TPSA) is 98.8 Å². The highest BCUT2D eigenvalue weighted by atomic mass is 32.2. The maximum atomic E-state index is 12.9. The van der Waals surface area contributed by atoms with Gasteiger partial charge in [-0.15, -0.1) is 0 Å². The number of sulfonamides is 1. The van der Waals surface area contributed by atoms with Crippen LogP contribution in [0.25, 0.3) is 0 Å². The van der Waals surface area contributed by atoms with Crippen LogP contribution in [0.15, 0.2) is 29.2 Å². The van der Waals surface area contributed by atoms with Crippen molar-refractivity contribution in [3.8, 4) is 0 Å². The van der Waals surface area contributed by atoms with Crippen LogP contribution in [-0.4, -0.2) is 75.8 Å². The molecule has 9 heteroatoms. The molecule has 2 amide bonds. The maximum Gasteiger partial charge on any atom is 0.243 e. The van der Waals surface area contributed by atoms with Crippen molar-refractivity contribution in [2.24, 2.45) is 0 Å². The number of rotatable bonds is 6. The molecule has 1 aromatic carbocycles. The zero-order valence-corrected chi connectivity index (χ0v) is 17.8. The Morgan fingerprint density at radius 3 is 2.07 bits per heavy atom. The Labute approximate surface area is 167 Å². The van der Waals surface area contributed by atoms with E-state index in [1.807, 2.05) is 17.0 Å². The van der Waals surface area contributed by atoms with Crippen molar-refractivity contribution < 1.29 is 18.0 Å². The van der Waals surface area contributed by atoms with E-state index in [-0.39, 0.29) is 35.2 Å². The highest BCUT2D eigenvalue weighted by Gasteiger charge is 2.29. The molecule has 0 bridgehead atoms. The molecule has 1 aromatic rings. The van der Waals surface area contributed by atoms with Crippen LogP contribution in [0, 0.1) is 0 Å². The molecular weight excluding hydrogens is 380 g/mol. The summed E-state index contributed by atoms with van der Waals surface area (Å²) in [5.74, 6) is -0.514. The number of hydrogen-bond donors (Lipinski definition) is 2. The zero-order chi connectivity index (χ0) is 20.9. The van der Waals surface area contributed by atoms with Gasteiger partial charge in [0, 0.05) is 33.2 Å². The Kier molecular flexibility index (Phi) is 7.19. The Hall–Kier alpha value is -1.97. The first-order valence-electron chi connectivity index (χ1n) is 9.34. The third kappa shape index (κ3) is 5.76. The van der Waals surface area contributed by atoms with Crippen molar-refractivity contribution in [3.05, 3.63) is 29.8 Å². The van der Waals surface area contributed by atoms with Gasteiger partial charge in [-0.1, -0.05) is 32.9 Å². The van der Waals surface area contributed by atoms with Gasteiger partial charge >= 0.3 is 0 Å². The second-order valence-electron chi connectivity index (χ2n) is 7.90. The van der Waals surface area contributed by atoms with Gasteiger partial charge in [0.15, 0.2) is 0 Å². The van der Waals surface area contributed by atoms with Crippen LogP contribution in [-0.2, 0) is 25.0 Å². The number of hydrogen-bond acceptors (Lipinski definition) is 5. The van der Waals surface area contributed by atoms with Crippen molar-refractivity contribution in [1.29, 1.82) is 0 Å². The average Bonchev–Trinajstić information content (AvgIpc) is 2.66. The van der Waals surface area contributed by atoms with Crippen LogP contribution in [0.2, 0.25) is 0 Å². The van der Waals surface area contributed by atoms with Gasteiger partial charge in [0.25, 0.3) is 0 Å².